The van der Waals surface area contributed by atoms with Crippen LogP contribution in [-0.4, -0.2) is 33.4 Å². The third-order valence-electron chi connectivity index (χ3n) is 2.83. The standard InChI is InChI=1S/C9H13N5O4/c10-13-12-5-3-8(18-6(5)4-15)14-2-1-7(16)11-9(14)17/h1-2,5-6,8,13,15H,3-4H2,(H2-,10,11,12,16,17)/t5-,6-,8-/m1/s1. The number of H-pyrrole nitrogens is 1. The van der Waals surface area contributed by atoms with Crippen LogP contribution in [0.1, 0.15) is 12.6 Å². The summed E-state index contributed by atoms with van der Waals surface area (Å²) in [6.45, 7) is -0.256. The smallest absolute Gasteiger partial charge is 0.330 e. The minimum Gasteiger partial charge on any atom is -0.394 e. The first-order valence-corrected chi connectivity index (χ1v) is 5.38. The van der Waals surface area contributed by atoms with Gasteiger partial charge in [-0.1, -0.05) is 0 Å². The van der Waals surface area contributed by atoms with Crippen molar-refractivity contribution in [1.29, 1.82) is 0 Å². The van der Waals surface area contributed by atoms with Gasteiger partial charge in [0.2, 0.25) is 0 Å². The Labute approximate surface area is 101 Å². The van der Waals surface area contributed by atoms with Gasteiger partial charge in [0.1, 0.15) is 6.23 Å². The molecule has 4 N–H and O–H groups in total. The van der Waals surface area contributed by atoms with Crippen molar-refractivity contribution in [3.63, 3.8) is 0 Å². The third kappa shape index (κ3) is 2.31. The Morgan fingerprint density at radius 2 is 2.44 bits per heavy atom. The quantitative estimate of drug-likeness (QED) is 0.332. The monoisotopic (exact) mass is 255 g/mol. The molecule has 1 saturated heterocycles. The van der Waals surface area contributed by atoms with Crippen LogP contribution >= 0.6 is 0 Å². The van der Waals surface area contributed by atoms with Crippen LogP contribution in [0.15, 0.2) is 21.9 Å². The summed E-state index contributed by atoms with van der Waals surface area (Å²) in [6.07, 6.45) is 0.505. The molecule has 1 aliphatic rings. The van der Waals surface area contributed by atoms with Gasteiger partial charge in [-0.15, -0.1) is 0 Å². The van der Waals surface area contributed by atoms with Gasteiger partial charge in [0, 0.05) is 24.7 Å². The summed E-state index contributed by atoms with van der Waals surface area (Å²) < 4.78 is 6.69. The van der Waals surface area contributed by atoms with E-state index in [2.05, 4.69) is 10.4 Å². The van der Waals surface area contributed by atoms with E-state index in [-0.39, 0.29) is 12.6 Å². The van der Waals surface area contributed by atoms with Crippen molar-refractivity contribution < 1.29 is 15.1 Å². The Balaban J connectivity index is 2.23. The summed E-state index contributed by atoms with van der Waals surface area (Å²) in [5.74, 6) is 0. The SMILES string of the molecule is [N-]=[NH+]N[C@@H]1C[C@H](n2ccc(=O)[nH]c2=O)O[C@@H]1CO. The lowest BCUT2D eigenvalue weighted by Crippen LogP contribution is -2.79. The number of ether oxygens (including phenoxy) is 1. The van der Waals surface area contributed by atoms with Crippen LogP contribution in [0, 0.1) is 0 Å². The van der Waals surface area contributed by atoms with Crippen molar-refractivity contribution in [2.24, 2.45) is 0 Å². The molecular weight excluding hydrogens is 242 g/mol. The molecule has 0 unspecified atom stereocenters. The molecule has 1 fully saturated rings. The summed E-state index contributed by atoms with van der Waals surface area (Å²) in [7, 11) is 0. The van der Waals surface area contributed by atoms with Crippen molar-refractivity contribution in [1.82, 2.24) is 15.0 Å². The van der Waals surface area contributed by atoms with Crippen LogP contribution < -0.4 is 21.9 Å². The Hall–Kier alpha value is -2.00. The van der Waals surface area contributed by atoms with E-state index in [0.717, 1.165) is 0 Å². The molecule has 0 spiro atoms. The molecule has 0 amide bonds. The maximum absolute atomic E-state index is 11.6. The van der Waals surface area contributed by atoms with Crippen molar-refractivity contribution >= 4 is 0 Å². The molecule has 1 aromatic rings. The Morgan fingerprint density at radius 3 is 3.06 bits per heavy atom. The van der Waals surface area contributed by atoms with Crippen LogP contribution in [0.3, 0.4) is 0 Å². The number of nitrogens with one attached hydrogen (secondary N) is 3. The third-order valence-corrected chi connectivity index (χ3v) is 2.83. The molecule has 9 heteroatoms. The molecule has 1 aliphatic heterocycles. The van der Waals surface area contributed by atoms with E-state index in [0.29, 0.717) is 6.42 Å². The minimum atomic E-state index is -0.614. The number of hydrogen-bond donors (Lipinski definition) is 4. The van der Waals surface area contributed by atoms with Gasteiger partial charge in [-0.05, 0) is 0 Å². The van der Waals surface area contributed by atoms with Crippen molar-refractivity contribution in [3.8, 4) is 0 Å². The summed E-state index contributed by atoms with van der Waals surface area (Å²) in [5.41, 5.74) is 10.0. The zero-order chi connectivity index (χ0) is 13.1. The Morgan fingerprint density at radius 1 is 1.67 bits per heavy atom. The second kappa shape index (κ2) is 5.10. The van der Waals surface area contributed by atoms with E-state index in [1.807, 2.05) is 0 Å². The number of aliphatic hydroxyl groups is 1. The first-order chi connectivity index (χ1) is 8.65. The molecule has 1 aromatic heterocycles. The lowest BCUT2D eigenvalue weighted by molar-refractivity contribution is -0.556. The molecule has 3 atom stereocenters. The fourth-order valence-corrected chi connectivity index (χ4v) is 1.96. The zero-order valence-electron chi connectivity index (χ0n) is 9.37. The molecule has 0 radical (unpaired) electrons. The first kappa shape index (κ1) is 12.5. The highest BCUT2D eigenvalue weighted by Crippen LogP contribution is 2.26. The summed E-state index contributed by atoms with van der Waals surface area (Å²) in [5, 5.41) is 10.9. The van der Waals surface area contributed by atoms with E-state index in [9.17, 15) is 9.59 Å². The van der Waals surface area contributed by atoms with Crippen LogP contribution in [0.2, 0.25) is 0 Å². The van der Waals surface area contributed by atoms with Crippen LogP contribution in [-0.2, 0) is 4.74 Å². The topological polar surface area (TPSA) is 133 Å². The summed E-state index contributed by atoms with van der Waals surface area (Å²) in [4.78, 5) is 24.6. The highest BCUT2D eigenvalue weighted by atomic mass is 16.5. The fourth-order valence-electron chi connectivity index (χ4n) is 1.96. The number of aromatic nitrogens is 2. The average molecular weight is 255 g/mol. The molecule has 9 nitrogen and oxygen atoms in total. The second-order valence-electron chi connectivity index (χ2n) is 3.93. The van der Waals surface area contributed by atoms with Crippen LogP contribution in [0.5, 0.6) is 0 Å². The largest absolute Gasteiger partial charge is 0.394 e. The maximum Gasteiger partial charge on any atom is 0.330 e. The Bertz CT molecular complexity index is 538. The van der Waals surface area contributed by atoms with E-state index >= 15 is 0 Å². The predicted octanol–water partition coefficient (Wildman–Crippen LogP) is -3.21. The number of aliphatic hydroxyl groups excluding tert-OH is 1. The highest BCUT2D eigenvalue weighted by molar-refractivity contribution is 4.89. The zero-order valence-corrected chi connectivity index (χ0v) is 9.37. The van der Waals surface area contributed by atoms with Crippen LogP contribution in [0.4, 0.5) is 0 Å². The van der Waals surface area contributed by atoms with E-state index in [1.54, 1.807) is 5.22 Å². The molecule has 0 aliphatic carbocycles. The molecule has 0 bridgehead atoms. The lowest BCUT2D eigenvalue weighted by atomic mass is 10.1. The molecule has 0 saturated carbocycles. The molecule has 98 valence electrons. The van der Waals surface area contributed by atoms with Crippen molar-refractivity contribution in [3.05, 3.63) is 38.6 Å². The summed E-state index contributed by atoms with van der Waals surface area (Å²) >= 11 is 0. The number of rotatable bonds is 4. The van der Waals surface area contributed by atoms with Crippen LogP contribution in [0.25, 0.3) is 5.53 Å². The lowest BCUT2D eigenvalue weighted by Gasteiger charge is -2.15. The predicted molar refractivity (Wildman–Crippen MR) is 58.2 cm³/mol. The minimum absolute atomic E-state index is 0.256. The molecule has 18 heavy (non-hydrogen) atoms. The van der Waals surface area contributed by atoms with Gasteiger partial charge in [-0.2, -0.15) is 10.8 Å². The van der Waals surface area contributed by atoms with Crippen molar-refractivity contribution in [2.45, 2.75) is 24.8 Å². The molecule has 2 heterocycles. The van der Waals surface area contributed by atoms with Gasteiger partial charge in [0.25, 0.3) is 5.56 Å². The van der Waals surface area contributed by atoms with Crippen molar-refractivity contribution in [2.75, 3.05) is 6.61 Å². The number of hydrazine groups is 1. The van der Waals surface area contributed by atoms with Gasteiger partial charge >= 0.3 is 5.69 Å². The van der Waals surface area contributed by atoms with Gasteiger partial charge in [0.15, 0.2) is 0 Å². The van der Waals surface area contributed by atoms with Gasteiger partial charge in [0.05, 0.1) is 12.7 Å². The highest BCUT2D eigenvalue weighted by Gasteiger charge is 2.34. The number of nitrogens with zero attached hydrogens (tertiary/aromatic N) is 2. The van der Waals surface area contributed by atoms with Gasteiger partial charge < -0.3 is 9.84 Å². The summed E-state index contributed by atoms with van der Waals surface area (Å²) in [6, 6.07) is 0.854. The van der Waals surface area contributed by atoms with Gasteiger partial charge in [-0.25, -0.2) is 4.79 Å². The Kier molecular flexibility index (Phi) is 3.53. The fraction of sp³-hybridized carbons (Fsp3) is 0.556. The number of hydrogen-bond acceptors (Lipinski definition) is 4. The molecule has 0 aromatic carbocycles. The second-order valence-corrected chi connectivity index (χ2v) is 3.93. The maximum atomic E-state index is 11.6. The number of aromatic amines is 1. The average Bonchev–Trinajstić information content (AvgIpc) is 2.72. The van der Waals surface area contributed by atoms with Gasteiger partial charge in [-0.3, -0.25) is 19.8 Å². The molecular formula is C9H13N5O4. The normalized spacial score (nSPS) is 27.1. The first-order valence-electron chi connectivity index (χ1n) is 5.38. The van der Waals surface area contributed by atoms with E-state index in [4.69, 9.17) is 15.4 Å². The molecule has 2 rings (SSSR count). The van der Waals surface area contributed by atoms with E-state index in [1.165, 1.54) is 16.8 Å². The van der Waals surface area contributed by atoms with E-state index < -0.39 is 23.6 Å².